The van der Waals surface area contributed by atoms with E-state index in [9.17, 15) is 13.6 Å². The Bertz CT molecular complexity index is 638. The summed E-state index contributed by atoms with van der Waals surface area (Å²) in [6.45, 7) is 3.60. The van der Waals surface area contributed by atoms with Crippen LogP contribution in [-0.4, -0.2) is 25.8 Å². The summed E-state index contributed by atoms with van der Waals surface area (Å²) in [6, 6.07) is 3.21. The highest BCUT2D eigenvalue weighted by molar-refractivity contribution is 5.83. The van der Waals surface area contributed by atoms with Crippen LogP contribution in [0.5, 0.6) is 0 Å². The molecule has 1 N–H and O–H groups in total. The van der Waals surface area contributed by atoms with Crippen LogP contribution in [0.2, 0.25) is 0 Å². The molecule has 0 unspecified atom stereocenters. The molecule has 0 fully saturated rings. The second-order valence-corrected chi connectivity index (χ2v) is 4.26. The SMILES string of the molecule is CC(C)c1nc(C(=O)O)nn1-c1ccc(F)c(F)c1. The number of aromatic carboxylic acids is 1. The van der Waals surface area contributed by atoms with Gasteiger partial charge in [-0.1, -0.05) is 13.8 Å². The Morgan fingerprint density at radius 3 is 2.53 bits per heavy atom. The van der Waals surface area contributed by atoms with Crippen molar-refractivity contribution < 1.29 is 18.7 Å². The van der Waals surface area contributed by atoms with Gasteiger partial charge in [0, 0.05) is 12.0 Å². The Labute approximate surface area is 107 Å². The first-order chi connectivity index (χ1) is 8.90. The predicted octanol–water partition coefficient (Wildman–Crippen LogP) is 2.37. The zero-order valence-corrected chi connectivity index (χ0v) is 10.3. The van der Waals surface area contributed by atoms with E-state index >= 15 is 0 Å². The molecule has 5 nitrogen and oxygen atoms in total. The fourth-order valence-electron chi connectivity index (χ4n) is 1.60. The summed E-state index contributed by atoms with van der Waals surface area (Å²) in [5.41, 5.74) is 0.225. The first kappa shape index (κ1) is 13.1. The number of hydrogen-bond donors (Lipinski definition) is 1. The van der Waals surface area contributed by atoms with E-state index in [2.05, 4.69) is 10.1 Å². The summed E-state index contributed by atoms with van der Waals surface area (Å²) >= 11 is 0. The number of carboxylic acid groups (broad SMARTS) is 1. The minimum absolute atomic E-state index is 0.117. The molecule has 7 heteroatoms. The lowest BCUT2D eigenvalue weighted by Crippen LogP contribution is -2.06. The zero-order valence-electron chi connectivity index (χ0n) is 10.3. The van der Waals surface area contributed by atoms with Crippen molar-refractivity contribution in [1.29, 1.82) is 0 Å². The fourth-order valence-corrected chi connectivity index (χ4v) is 1.60. The van der Waals surface area contributed by atoms with Gasteiger partial charge in [-0.2, -0.15) is 0 Å². The quantitative estimate of drug-likeness (QED) is 0.927. The van der Waals surface area contributed by atoms with Gasteiger partial charge in [0.25, 0.3) is 5.82 Å². The first-order valence-corrected chi connectivity index (χ1v) is 5.56. The van der Waals surface area contributed by atoms with Crippen LogP contribution >= 0.6 is 0 Å². The maximum absolute atomic E-state index is 13.2. The molecule has 0 bridgehead atoms. The van der Waals surface area contributed by atoms with Crippen LogP contribution in [0, 0.1) is 11.6 Å². The number of halogens is 2. The van der Waals surface area contributed by atoms with Gasteiger partial charge in [0.1, 0.15) is 5.82 Å². The molecule has 0 saturated heterocycles. The van der Waals surface area contributed by atoms with Crippen LogP contribution in [0.25, 0.3) is 5.69 Å². The predicted molar refractivity (Wildman–Crippen MR) is 62.3 cm³/mol. The molecule has 0 spiro atoms. The summed E-state index contributed by atoms with van der Waals surface area (Å²) in [7, 11) is 0. The summed E-state index contributed by atoms with van der Waals surface area (Å²) < 4.78 is 27.3. The molecule has 0 saturated carbocycles. The van der Waals surface area contributed by atoms with E-state index in [1.165, 1.54) is 10.7 Å². The number of carboxylic acids is 1. The molecular formula is C12H11F2N3O2. The van der Waals surface area contributed by atoms with E-state index in [0.29, 0.717) is 5.82 Å². The normalized spacial score (nSPS) is 11.0. The molecule has 0 aliphatic rings. The molecule has 0 radical (unpaired) electrons. The molecule has 1 heterocycles. The van der Waals surface area contributed by atoms with Gasteiger partial charge in [0.2, 0.25) is 0 Å². The molecule has 0 amide bonds. The van der Waals surface area contributed by atoms with Crippen LogP contribution < -0.4 is 0 Å². The van der Waals surface area contributed by atoms with Crippen molar-refractivity contribution in [3.05, 3.63) is 41.5 Å². The maximum atomic E-state index is 13.2. The Balaban J connectivity index is 2.59. The summed E-state index contributed by atoms with van der Waals surface area (Å²) in [5.74, 6) is -3.42. The number of rotatable bonds is 3. The standard InChI is InChI=1S/C12H11F2N3O2/c1-6(2)11-15-10(12(18)19)16-17(11)7-3-4-8(13)9(14)5-7/h3-6H,1-2H3,(H,18,19). The Morgan fingerprint density at radius 2 is 2.00 bits per heavy atom. The molecule has 19 heavy (non-hydrogen) atoms. The van der Waals surface area contributed by atoms with Crippen LogP contribution in [-0.2, 0) is 0 Å². The van der Waals surface area contributed by atoms with Gasteiger partial charge in [-0.05, 0) is 12.1 Å². The van der Waals surface area contributed by atoms with Gasteiger partial charge in [-0.25, -0.2) is 23.2 Å². The number of carbonyl (C=O) groups is 1. The lowest BCUT2D eigenvalue weighted by Gasteiger charge is -2.08. The van der Waals surface area contributed by atoms with Crippen molar-refractivity contribution >= 4 is 5.97 Å². The lowest BCUT2D eigenvalue weighted by molar-refractivity contribution is 0.0683. The van der Waals surface area contributed by atoms with Gasteiger partial charge in [0.05, 0.1) is 5.69 Å². The molecule has 2 aromatic rings. The molecule has 2 rings (SSSR count). The molecule has 0 aliphatic heterocycles. The maximum Gasteiger partial charge on any atom is 0.375 e. The highest BCUT2D eigenvalue weighted by Gasteiger charge is 2.19. The van der Waals surface area contributed by atoms with Crippen LogP contribution in [0.4, 0.5) is 8.78 Å². The van der Waals surface area contributed by atoms with E-state index < -0.39 is 17.6 Å². The van der Waals surface area contributed by atoms with Crippen molar-refractivity contribution in [2.24, 2.45) is 0 Å². The molecule has 0 atom stereocenters. The van der Waals surface area contributed by atoms with Gasteiger partial charge in [0.15, 0.2) is 11.6 Å². The summed E-state index contributed by atoms with van der Waals surface area (Å²) in [4.78, 5) is 14.7. The smallest absolute Gasteiger partial charge is 0.375 e. The van der Waals surface area contributed by atoms with Gasteiger partial charge >= 0.3 is 5.97 Å². The van der Waals surface area contributed by atoms with Gasteiger partial charge in [-0.3, -0.25) is 0 Å². The highest BCUT2D eigenvalue weighted by Crippen LogP contribution is 2.19. The van der Waals surface area contributed by atoms with Crippen molar-refractivity contribution in [2.45, 2.75) is 19.8 Å². The van der Waals surface area contributed by atoms with Crippen molar-refractivity contribution in [3.63, 3.8) is 0 Å². The zero-order chi connectivity index (χ0) is 14.2. The van der Waals surface area contributed by atoms with Crippen LogP contribution in [0.15, 0.2) is 18.2 Å². The monoisotopic (exact) mass is 267 g/mol. The number of benzene rings is 1. The van der Waals surface area contributed by atoms with E-state index in [4.69, 9.17) is 5.11 Å². The Morgan fingerprint density at radius 1 is 1.32 bits per heavy atom. The van der Waals surface area contributed by atoms with E-state index in [0.717, 1.165) is 12.1 Å². The fraction of sp³-hybridized carbons (Fsp3) is 0.250. The molecule has 1 aromatic carbocycles. The number of aromatic nitrogens is 3. The van der Waals surface area contributed by atoms with Crippen molar-refractivity contribution in [3.8, 4) is 5.69 Å². The highest BCUT2D eigenvalue weighted by atomic mass is 19.2. The third kappa shape index (κ3) is 2.44. The average molecular weight is 267 g/mol. The third-order valence-corrected chi connectivity index (χ3v) is 2.49. The number of nitrogens with zero attached hydrogens (tertiary/aromatic N) is 3. The van der Waals surface area contributed by atoms with E-state index in [1.54, 1.807) is 13.8 Å². The molecular weight excluding hydrogens is 256 g/mol. The average Bonchev–Trinajstić information content (AvgIpc) is 2.78. The van der Waals surface area contributed by atoms with Crippen LogP contribution in [0.1, 0.15) is 36.2 Å². The largest absolute Gasteiger partial charge is 0.475 e. The van der Waals surface area contributed by atoms with Gasteiger partial charge < -0.3 is 5.11 Å². The van der Waals surface area contributed by atoms with E-state index in [-0.39, 0.29) is 17.4 Å². The topological polar surface area (TPSA) is 68.0 Å². The van der Waals surface area contributed by atoms with Crippen LogP contribution in [0.3, 0.4) is 0 Å². The van der Waals surface area contributed by atoms with Gasteiger partial charge in [-0.15, -0.1) is 5.10 Å². The van der Waals surface area contributed by atoms with E-state index in [1.807, 2.05) is 0 Å². The Hall–Kier alpha value is -2.31. The third-order valence-electron chi connectivity index (χ3n) is 2.49. The minimum atomic E-state index is -1.27. The summed E-state index contributed by atoms with van der Waals surface area (Å²) in [6.07, 6.45) is 0. The lowest BCUT2D eigenvalue weighted by atomic mass is 10.2. The second kappa shape index (κ2) is 4.75. The molecule has 100 valence electrons. The minimum Gasteiger partial charge on any atom is -0.475 e. The second-order valence-electron chi connectivity index (χ2n) is 4.26. The molecule has 1 aromatic heterocycles. The molecule has 0 aliphatic carbocycles. The number of hydrogen-bond acceptors (Lipinski definition) is 3. The van der Waals surface area contributed by atoms with Crippen molar-refractivity contribution in [1.82, 2.24) is 14.8 Å². The summed E-state index contributed by atoms with van der Waals surface area (Å²) in [5, 5.41) is 12.7. The van der Waals surface area contributed by atoms with Crippen molar-refractivity contribution in [2.75, 3.05) is 0 Å². The Kier molecular flexibility index (Phi) is 3.28. The first-order valence-electron chi connectivity index (χ1n) is 5.56.